The van der Waals surface area contributed by atoms with E-state index in [0.717, 1.165) is 36.2 Å². The summed E-state index contributed by atoms with van der Waals surface area (Å²) in [5.74, 6) is 2.14. The number of nitrogens with zero attached hydrogens (tertiary/aromatic N) is 2. The summed E-state index contributed by atoms with van der Waals surface area (Å²) >= 11 is 5.75. The highest BCUT2D eigenvalue weighted by molar-refractivity contribution is 7.80. The Morgan fingerprint density at radius 2 is 1.80 bits per heavy atom. The number of nitrogens with one attached hydrogen (secondary N) is 2. The van der Waals surface area contributed by atoms with E-state index in [9.17, 15) is 4.79 Å². The zero-order valence-corrected chi connectivity index (χ0v) is 21.2. The molecule has 1 aliphatic heterocycles. The van der Waals surface area contributed by atoms with Crippen molar-refractivity contribution in [3.8, 4) is 17.2 Å². The summed E-state index contributed by atoms with van der Waals surface area (Å²) in [6.07, 6.45) is 0.966. The first kappa shape index (κ1) is 24.8. The summed E-state index contributed by atoms with van der Waals surface area (Å²) in [5.41, 5.74) is 2.26. The van der Waals surface area contributed by atoms with Crippen LogP contribution in [0.1, 0.15) is 17.5 Å². The lowest BCUT2D eigenvalue weighted by atomic mass is 10.1. The molecule has 186 valence electrons. The van der Waals surface area contributed by atoms with E-state index in [1.807, 2.05) is 47.4 Å². The van der Waals surface area contributed by atoms with E-state index in [1.165, 1.54) is 0 Å². The Balaban J connectivity index is 1.57. The molecule has 2 aromatic carbocycles. The molecule has 2 heterocycles. The van der Waals surface area contributed by atoms with E-state index in [2.05, 4.69) is 29.3 Å². The van der Waals surface area contributed by atoms with Gasteiger partial charge in [-0.15, -0.1) is 0 Å². The Hall–Kier alpha value is -3.30. The minimum absolute atomic E-state index is 0.149. The number of ether oxygens (including phenoxy) is 3. The molecule has 9 heteroatoms. The van der Waals surface area contributed by atoms with Crippen LogP contribution in [0.5, 0.6) is 17.2 Å². The highest BCUT2D eigenvalue weighted by Gasteiger charge is 2.17. The molecule has 0 atom stereocenters. The molecule has 0 radical (unpaired) electrons. The predicted octanol–water partition coefficient (Wildman–Crippen LogP) is 3.14. The first-order valence-electron chi connectivity index (χ1n) is 11.7. The third-order valence-electron chi connectivity index (χ3n) is 5.82. The molecule has 8 nitrogen and oxygen atoms in total. The van der Waals surface area contributed by atoms with Crippen LogP contribution in [0.15, 0.2) is 47.3 Å². The van der Waals surface area contributed by atoms with Crippen molar-refractivity contribution in [2.24, 2.45) is 0 Å². The molecule has 1 aromatic heterocycles. The zero-order chi connectivity index (χ0) is 24.8. The second-order valence-electron chi connectivity index (χ2n) is 8.80. The highest BCUT2D eigenvalue weighted by atomic mass is 32.1. The average molecular weight is 497 g/mol. The van der Waals surface area contributed by atoms with Gasteiger partial charge in [0.1, 0.15) is 19.0 Å². The smallest absolute Gasteiger partial charge is 0.253 e. The fourth-order valence-electron chi connectivity index (χ4n) is 3.96. The van der Waals surface area contributed by atoms with Gasteiger partial charge >= 0.3 is 0 Å². The van der Waals surface area contributed by atoms with Crippen LogP contribution in [0, 0.1) is 0 Å². The number of benzene rings is 2. The molecular weight excluding hydrogens is 464 g/mol. The Morgan fingerprint density at radius 3 is 2.49 bits per heavy atom. The molecule has 0 amide bonds. The van der Waals surface area contributed by atoms with Crippen molar-refractivity contribution in [2.75, 3.05) is 47.5 Å². The van der Waals surface area contributed by atoms with E-state index >= 15 is 0 Å². The largest absolute Gasteiger partial charge is 0.497 e. The summed E-state index contributed by atoms with van der Waals surface area (Å²) in [7, 11) is 5.75. The molecule has 0 saturated heterocycles. The van der Waals surface area contributed by atoms with Crippen LogP contribution in [0.2, 0.25) is 0 Å². The third kappa shape index (κ3) is 6.43. The molecule has 0 bridgehead atoms. The lowest BCUT2D eigenvalue weighted by Gasteiger charge is -2.26. The van der Waals surface area contributed by atoms with Gasteiger partial charge in [-0.05, 0) is 69.1 Å². The summed E-state index contributed by atoms with van der Waals surface area (Å²) in [5, 5.41) is 4.86. The standard InChI is InChI=1S/C26H32N4O4S/c1-29(2)10-4-9-27-26(35)30(16-18-5-7-21(32-3)8-6-18)17-20-13-19-14-23-24(34-12-11-33-23)15-22(19)28-25(20)31/h5-8,13-15H,4,9-12,16-17H2,1-3H3,(H,27,35)(H,28,31). The van der Waals surface area contributed by atoms with E-state index in [0.29, 0.717) is 54.0 Å². The fourth-order valence-corrected chi connectivity index (χ4v) is 4.20. The van der Waals surface area contributed by atoms with Crippen molar-refractivity contribution in [1.29, 1.82) is 0 Å². The number of thiocarbonyl (C=S) groups is 1. The number of aromatic nitrogens is 1. The molecule has 3 aromatic rings. The number of pyridine rings is 1. The van der Waals surface area contributed by atoms with Crippen LogP contribution in [-0.4, -0.2) is 67.4 Å². The Kier molecular flexibility index (Phi) is 8.09. The average Bonchev–Trinajstić information content (AvgIpc) is 2.85. The number of H-pyrrole nitrogens is 1. The number of hydrogen-bond donors (Lipinski definition) is 2. The molecule has 0 saturated carbocycles. The number of hydrogen-bond acceptors (Lipinski definition) is 6. The van der Waals surface area contributed by atoms with Gasteiger partial charge in [0, 0.05) is 30.1 Å². The van der Waals surface area contributed by atoms with Gasteiger partial charge in [0.15, 0.2) is 16.6 Å². The van der Waals surface area contributed by atoms with Gasteiger partial charge in [-0.1, -0.05) is 12.1 Å². The van der Waals surface area contributed by atoms with Crippen LogP contribution in [0.25, 0.3) is 10.9 Å². The van der Waals surface area contributed by atoms with Gasteiger partial charge in [0.2, 0.25) is 0 Å². The maximum absolute atomic E-state index is 13.0. The van der Waals surface area contributed by atoms with Crippen molar-refractivity contribution in [2.45, 2.75) is 19.5 Å². The van der Waals surface area contributed by atoms with Gasteiger partial charge in [-0.25, -0.2) is 0 Å². The second-order valence-corrected chi connectivity index (χ2v) is 9.19. The lowest BCUT2D eigenvalue weighted by Crippen LogP contribution is -2.40. The van der Waals surface area contributed by atoms with Crippen LogP contribution in [0.4, 0.5) is 0 Å². The summed E-state index contributed by atoms with van der Waals surface area (Å²) in [6.45, 7) is 3.66. The number of aromatic amines is 1. The molecule has 0 fully saturated rings. The molecular formula is C26H32N4O4S. The maximum atomic E-state index is 13.0. The molecule has 0 spiro atoms. The van der Waals surface area contributed by atoms with Gasteiger partial charge in [-0.2, -0.15) is 0 Å². The Morgan fingerprint density at radius 1 is 1.09 bits per heavy atom. The van der Waals surface area contributed by atoms with Crippen molar-refractivity contribution < 1.29 is 14.2 Å². The van der Waals surface area contributed by atoms with Crippen molar-refractivity contribution in [3.63, 3.8) is 0 Å². The van der Waals surface area contributed by atoms with Crippen LogP contribution < -0.4 is 25.1 Å². The SMILES string of the molecule is COc1ccc(CN(Cc2cc3cc4c(cc3[nH]c2=O)OCCO4)C(=S)NCCCN(C)C)cc1. The quantitative estimate of drug-likeness (QED) is 0.346. The normalized spacial score (nSPS) is 12.6. The van der Waals surface area contributed by atoms with Crippen LogP contribution >= 0.6 is 12.2 Å². The molecule has 0 aliphatic carbocycles. The van der Waals surface area contributed by atoms with Gasteiger partial charge in [0.25, 0.3) is 5.56 Å². The third-order valence-corrected chi connectivity index (χ3v) is 6.23. The van der Waals surface area contributed by atoms with Crippen molar-refractivity contribution in [3.05, 3.63) is 63.9 Å². The van der Waals surface area contributed by atoms with Gasteiger partial charge < -0.3 is 34.3 Å². The zero-order valence-electron chi connectivity index (χ0n) is 20.4. The molecule has 4 rings (SSSR count). The van der Waals surface area contributed by atoms with E-state index in [4.69, 9.17) is 26.4 Å². The molecule has 35 heavy (non-hydrogen) atoms. The van der Waals surface area contributed by atoms with E-state index < -0.39 is 0 Å². The molecule has 1 aliphatic rings. The predicted molar refractivity (Wildman–Crippen MR) is 142 cm³/mol. The summed E-state index contributed by atoms with van der Waals surface area (Å²) in [6, 6.07) is 13.5. The summed E-state index contributed by atoms with van der Waals surface area (Å²) in [4.78, 5) is 20.1. The van der Waals surface area contributed by atoms with Gasteiger partial charge in [0.05, 0.1) is 19.2 Å². The van der Waals surface area contributed by atoms with Crippen LogP contribution in [-0.2, 0) is 13.1 Å². The summed E-state index contributed by atoms with van der Waals surface area (Å²) < 4.78 is 16.6. The number of fused-ring (bicyclic) bond motifs is 2. The first-order chi connectivity index (χ1) is 16.9. The monoisotopic (exact) mass is 496 g/mol. The van der Waals surface area contributed by atoms with Crippen molar-refractivity contribution >= 4 is 28.2 Å². The molecule has 0 unspecified atom stereocenters. The Bertz CT molecular complexity index is 1230. The minimum atomic E-state index is -0.149. The highest BCUT2D eigenvalue weighted by Crippen LogP contribution is 2.33. The topological polar surface area (TPSA) is 79.1 Å². The Labute approximate surface area is 210 Å². The van der Waals surface area contributed by atoms with Gasteiger partial charge in [-0.3, -0.25) is 4.79 Å². The van der Waals surface area contributed by atoms with E-state index in [1.54, 1.807) is 7.11 Å². The van der Waals surface area contributed by atoms with Crippen LogP contribution in [0.3, 0.4) is 0 Å². The fraction of sp³-hybridized carbons (Fsp3) is 0.385. The van der Waals surface area contributed by atoms with Crippen molar-refractivity contribution in [1.82, 2.24) is 20.1 Å². The number of methoxy groups -OCH3 is 1. The molecule has 2 N–H and O–H groups in total. The minimum Gasteiger partial charge on any atom is -0.497 e. The first-order valence-corrected chi connectivity index (χ1v) is 12.1. The second kappa shape index (κ2) is 11.4. The lowest BCUT2D eigenvalue weighted by molar-refractivity contribution is 0.172. The number of rotatable bonds is 9. The maximum Gasteiger partial charge on any atom is 0.253 e. The van der Waals surface area contributed by atoms with E-state index in [-0.39, 0.29) is 5.56 Å².